The third-order valence-electron chi connectivity index (χ3n) is 4.20. The Morgan fingerprint density at radius 2 is 2.09 bits per heavy atom. The van der Waals surface area contributed by atoms with Crippen LogP contribution in [-0.2, 0) is 4.79 Å². The van der Waals surface area contributed by atoms with Crippen molar-refractivity contribution in [3.8, 4) is 11.3 Å². The van der Waals surface area contributed by atoms with Gasteiger partial charge in [0.2, 0.25) is 5.91 Å². The van der Waals surface area contributed by atoms with Crippen LogP contribution in [0.3, 0.4) is 0 Å². The second-order valence-corrected chi connectivity index (χ2v) is 7.19. The van der Waals surface area contributed by atoms with Gasteiger partial charge in [0, 0.05) is 23.2 Å². The summed E-state index contributed by atoms with van der Waals surface area (Å²) >= 11 is 1.64. The summed E-state index contributed by atoms with van der Waals surface area (Å²) < 4.78 is 0. The summed E-state index contributed by atoms with van der Waals surface area (Å²) in [6.07, 6.45) is 1.98. The SMILES string of the molecule is Cc1nc(-c2ccc(NC(=O)C3(C)CCCNC3)cc2)cs1.Cl. The normalized spacial score (nSPS) is 20.6. The molecule has 2 heterocycles. The van der Waals surface area contributed by atoms with E-state index in [0.29, 0.717) is 0 Å². The predicted octanol–water partition coefficient (Wildman–Crippen LogP) is 3.87. The van der Waals surface area contributed by atoms with Gasteiger partial charge in [-0.2, -0.15) is 0 Å². The highest BCUT2D eigenvalue weighted by Gasteiger charge is 2.34. The van der Waals surface area contributed by atoms with Crippen molar-refractivity contribution in [2.75, 3.05) is 18.4 Å². The molecule has 0 radical (unpaired) electrons. The molecule has 4 nitrogen and oxygen atoms in total. The van der Waals surface area contributed by atoms with E-state index in [2.05, 4.69) is 21.0 Å². The molecule has 1 atom stereocenters. The highest BCUT2D eigenvalue weighted by Crippen LogP contribution is 2.28. The predicted molar refractivity (Wildman–Crippen MR) is 98.4 cm³/mol. The highest BCUT2D eigenvalue weighted by molar-refractivity contribution is 7.09. The number of benzene rings is 1. The fourth-order valence-electron chi connectivity index (χ4n) is 2.75. The lowest BCUT2D eigenvalue weighted by Crippen LogP contribution is -2.46. The third-order valence-corrected chi connectivity index (χ3v) is 4.98. The van der Waals surface area contributed by atoms with Gasteiger partial charge in [-0.3, -0.25) is 4.79 Å². The van der Waals surface area contributed by atoms with Crippen LogP contribution in [0.2, 0.25) is 0 Å². The van der Waals surface area contributed by atoms with Crippen molar-refractivity contribution < 1.29 is 4.79 Å². The molecule has 1 unspecified atom stereocenters. The minimum Gasteiger partial charge on any atom is -0.326 e. The third kappa shape index (κ3) is 4.10. The topological polar surface area (TPSA) is 54.0 Å². The number of nitrogens with one attached hydrogen (secondary N) is 2. The molecule has 1 aliphatic rings. The molecule has 23 heavy (non-hydrogen) atoms. The van der Waals surface area contributed by atoms with Crippen LogP contribution in [-0.4, -0.2) is 24.0 Å². The molecule has 3 rings (SSSR count). The summed E-state index contributed by atoms with van der Waals surface area (Å²) in [7, 11) is 0. The number of hydrogen-bond acceptors (Lipinski definition) is 4. The van der Waals surface area contributed by atoms with Crippen LogP contribution in [0.15, 0.2) is 29.6 Å². The van der Waals surface area contributed by atoms with Gasteiger partial charge < -0.3 is 10.6 Å². The van der Waals surface area contributed by atoms with Crippen molar-refractivity contribution in [3.63, 3.8) is 0 Å². The van der Waals surface area contributed by atoms with Crippen LogP contribution < -0.4 is 10.6 Å². The van der Waals surface area contributed by atoms with Gasteiger partial charge in [0.15, 0.2) is 0 Å². The number of nitrogens with zero attached hydrogens (tertiary/aromatic N) is 1. The summed E-state index contributed by atoms with van der Waals surface area (Å²) in [6, 6.07) is 7.90. The van der Waals surface area contributed by atoms with E-state index >= 15 is 0 Å². The highest BCUT2D eigenvalue weighted by atomic mass is 35.5. The minimum atomic E-state index is -0.317. The Kier molecular flexibility index (Phi) is 5.79. The molecule has 1 saturated heterocycles. The molecule has 0 spiro atoms. The van der Waals surface area contributed by atoms with Crippen molar-refractivity contribution in [1.82, 2.24) is 10.3 Å². The molecule has 0 aliphatic carbocycles. The summed E-state index contributed by atoms with van der Waals surface area (Å²) in [6.45, 7) is 5.78. The number of amides is 1. The van der Waals surface area contributed by atoms with Crippen molar-refractivity contribution in [2.24, 2.45) is 5.41 Å². The minimum absolute atomic E-state index is 0. The summed E-state index contributed by atoms with van der Waals surface area (Å²) in [5.74, 6) is 0.0944. The van der Waals surface area contributed by atoms with Gasteiger partial charge in [0.1, 0.15) is 0 Å². The molecule has 1 amide bonds. The second-order valence-electron chi connectivity index (χ2n) is 6.12. The molecule has 0 saturated carbocycles. The standard InChI is InChI=1S/C17H21N3OS.ClH/c1-12-19-15(10-22-12)13-4-6-14(7-5-13)20-16(21)17(2)8-3-9-18-11-17;/h4-7,10,18H,3,8-9,11H2,1-2H3,(H,20,21);1H. The molecule has 0 bridgehead atoms. The van der Waals surface area contributed by atoms with Crippen LogP contribution in [0.25, 0.3) is 11.3 Å². The maximum absolute atomic E-state index is 12.5. The fraction of sp³-hybridized carbons (Fsp3) is 0.412. The lowest BCUT2D eigenvalue weighted by Gasteiger charge is -2.32. The van der Waals surface area contributed by atoms with E-state index in [4.69, 9.17) is 0 Å². The number of piperidine rings is 1. The maximum atomic E-state index is 12.5. The van der Waals surface area contributed by atoms with Crippen molar-refractivity contribution in [2.45, 2.75) is 26.7 Å². The monoisotopic (exact) mass is 351 g/mol. The zero-order valence-electron chi connectivity index (χ0n) is 13.4. The quantitative estimate of drug-likeness (QED) is 0.882. The van der Waals surface area contributed by atoms with Gasteiger partial charge in [-0.1, -0.05) is 12.1 Å². The number of aryl methyl sites for hydroxylation is 1. The lowest BCUT2D eigenvalue weighted by molar-refractivity contribution is -0.125. The Hall–Kier alpha value is -1.43. The van der Waals surface area contributed by atoms with E-state index in [0.717, 1.165) is 47.9 Å². The van der Waals surface area contributed by atoms with Crippen LogP contribution in [0.1, 0.15) is 24.8 Å². The van der Waals surface area contributed by atoms with E-state index < -0.39 is 0 Å². The number of carbonyl (C=O) groups excluding carboxylic acids is 1. The van der Waals surface area contributed by atoms with Gasteiger partial charge in [0.25, 0.3) is 0 Å². The number of aromatic nitrogens is 1. The fourth-order valence-corrected chi connectivity index (χ4v) is 3.37. The first-order valence-corrected chi connectivity index (χ1v) is 8.50. The number of thiazole rings is 1. The molecule has 1 aromatic carbocycles. The Labute approximate surface area is 147 Å². The second kappa shape index (κ2) is 7.43. The Balaban J connectivity index is 0.00000192. The van der Waals surface area contributed by atoms with Crippen molar-refractivity contribution in [1.29, 1.82) is 0 Å². The van der Waals surface area contributed by atoms with Gasteiger partial charge in [-0.15, -0.1) is 23.7 Å². The summed E-state index contributed by atoms with van der Waals surface area (Å²) in [5, 5.41) is 9.46. The number of hydrogen-bond donors (Lipinski definition) is 2. The van der Waals surface area contributed by atoms with Crippen molar-refractivity contribution in [3.05, 3.63) is 34.7 Å². The zero-order valence-corrected chi connectivity index (χ0v) is 15.0. The summed E-state index contributed by atoms with van der Waals surface area (Å²) in [5.41, 5.74) is 2.59. The van der Waals surface area contributed by atoms with Gasteiger partial charge in [-0.25, -0.2) is 4.98 Å². The van der Waals surface area contributed by atoms with Crippen LogP contribution >= 0.6 is 23.7 Å². The van der Waals surface area contributed by atoms with Crippen LogP contribution in [0.4, 0.5) is 5.69 Å². The lowest BCUT2D eigenvalue weighted by atomic mass is 9.82. The molecule has 1 aliphatic heterocycles. The first-order valence-electron chi connectivity index (χ1n) is 7.62. The Bertz CT molecular complexity index is 663. The van der Waals surface area contributed by atoms with E-state index in [1.165, 1.54) is 0 Å². The largest absolute Gasteiger partial charge is 0.326 e. The average molecular weight is 352 g/mol. The van der Waals surface area contributed by atoms with Crippen LogP contribution in [0, 0.1) is 12.3 Å². The first-order chi connectivity index (χ1) is 10.6. The number of anilines is 1. The van der Waals surface area contributed by atoms with Gasteiger partial charge >= 0.3 is 0 Å². The molecule has 1 aromatic heterocycles. The van der Waals surface area contributed by atoms with E-state index in [9.17, 15) is 4.79 Å². The molecular weight excluding hydrogens is 330 g/mol. The number of halogens is 1. The van der Waals surface area contributed by atoms with Crippen molar-refractivity contribution >= 4 is 35.3 Å². The Morgan fingerprint density at radius 1 is 1.35 bits per heavy atom. The maximum Gasteiger partial charge on any atom is 0.231 e. The van der Waals surface area contributed by atoms with Crippen LogP contribution in [0.5, 0.6) is 0 Å². The van der Waals surface area contributed by atoms with E-state index in [-0.39, 0.29) is 23.7 Å². The Morgan fingerprint density at radius 3 is 2.65 bits per heavy atom. The number of rotatable bonds is 3. The molecule has 1 fully saturated rings. The van der Waals surface area contributed by atoms with Gasteiger partial charge in [-0.05, 0) is 45.4 Å². The molecule has 2 aromatic rings. The average Bonchev–Trinajstić information content (AvgIpc) is 2.95. The molecule has 2 N–H and O–H groups in total. The molecule has 6 heteroatoms. The first kappa shape index (κ1) is 17.9. The molecule has 124 valence electrons. The smallest absolute Gasteiger partial charge is 0.231 e. The molecular formula is C17H22ClN3OS. The van der Waals surface area contributed by atoms with E-state index in [1.54, 1.807) is 11.3 Å². The van der Waals surface area contributed by atoms with E-state index in [1.807, 2.05) is 38.1 Å². The zero-order chi connectivity index (χ0) is 15.6. The summed E-state index contributed by atoms with van der Waals surface area (Å²) in [4.78, 5) is 17.0. The number of carbonyl (C=O) groups is 1. The van der Waals surface area contributed by atoms with Gasteiger partial charge in [0.05, 0.1) is 16.1 Å².